The summed E-state index contributed by atoms with van der Waals surface area (Å²) in [5, 5.41) is 11.5. The first-order valence-electron chi connectivity index (χ1n) is 6.04. The summed E-state index contributed by atoms with van der Waals surface area (Å²) < 4.78 is 0.683. The Hall–Kier alpha value is -1.71. The standard InChI is InChI=1S/C16H12BrNO/c17-16-13(15(19)11-6-2-1-3-7-11)10-12-8-4-5-9-14(12)18-16/h1-10,15,19H. The van der Waals surface area contributed by atoms with Crippen molar-refractivity contribution in [2.45, 2.75) is 6.10 Å². The molecule has 0 amide bonds. The first-order valence-corrected chi connectivity index (χ1v) is 6.83. The Morgan fingerprint density at radius 1 is 0.947 bits per heavy atom. The molecule has 1 aromatic heterocycles. The fourth-order valence-corrected chi connectivity index (χ4v) is 2.64. The van der Waals surface area contributed by atoms with Crippen LogP contribution in [-0.4, -0.2) is 10.1 Å². The van der Waals surface area contributed by atoms with Crippen molar-refractivity contribution in [1.82, 2.24) is 4.98 Å². The van der Waals surface area contributed by atoms with E-state index in [1.165, 1.54) is 0 Å². The molecular formula is C16H12BrNO. The van der Waals surface area contributed by atoms with E-state index < -0.39 is 6.10 Å². The van der Waals surface area contributed by atoms with Gasteiger partial charge in [0.2, 0.25) is 0 Å². The highest BCUT2D eigenvalue weighted by Gasteiger charge is 2.15. The van der Waals surface area contributed by atoms with Crippen LogP contribution in [0.1, 0.15) is 17.2 Å². The molecule has 3 heteroatoms. The number of para-hydroxylation sites is 1. The molecule has 0 saturated heterocycles. The maximum atomic E-state index is 10.5. The second-order valence-electron chi connectivity index (χ2n) is 4.37. The topological polar surface area (TPSA) is 33.1 Å². The van der Waals surface area contributed by atoms with Crippen LogP contribution in [-0.2, 0) is 0 Å². The Kier molecular flexibility index (Phi) is 3.32. The van der Waals surface area contributed by atoms with Gasteiger partial charge in [-0.15, -0.1) is 0 Å². The van der Waals surface area contributed by atoms with E-state index in [1.54, 1.807) is 0 Å². The highest BCUT2D eigenvalue weighted by molar-refractivity contribution is 9.10. The van der Waals surface area contributed by atoms with Crippen LogP contribution in [0.2, 0.25) is 0 Å². The first kappa shape index (κ1) is 12.3. The van der Waals surface area contributed by atoms with Gasteiger partial charge in [-0.05, 0) is 33.6 Å². The van der Waals surface area contributed by atoms with Gasteiger partial charge in [0.15, 0.2) is 0 Å². The predicted octanol–water partition coefficient (Wildman–Crippen LogP) is 4.08. The summed E-state index contributed by atoms with van der Waals surface area (Å²) in [4.78, 5) is 4.48. The number of fused-ring (bicyclic) bond motifs is 1. The number of pyridine rings is 1. The van der Waals surface area contributed by atoms with Crippen molar-refractivity contribution in [3.05, 3.63) is 76.4 Å². The molecule has 0 saturated carbocycles. The van der Waals surface area contributed by atoms with E-state index in [-0.39, 0.29) is 0 Å². The van der Waals surface area contributed by atoms with E-state index in [1.807, 2.05) is 60.7 Å². The minimum Gasteiger partial charge on any atom is -0.384 e. The second kappa shape index (κ2) is 5.11. The van der Waals surface area contributed by atoms with Crippen molar-refractivity contribution in [3.63, 3.8) is 0 Å². The third-order valence-corrected chi connectivity index (χ3v) is 3.75. The number of aliphatic hydroxyl groups excluding tert-OH is 1. The van der Waals surface area contributed by atoms with Crippen molar-refractivity contribution < 1.29 is 5.11 Å². The summed E-state index contributed by atoms with van der Waals surface area (Å²) in [6.07, 6.45) is -0.673. The smallest absolute Gasteiger partial charge is 0.112 e. The van der Waals surface area contributed by atoms with Crippen LogP contribution in [0.25, 0.3) is 10.9 Å². The monoisotopic (exact) mass is 313 g/mol. The molecule has 3 aromatic rings. The summed E-state index contributed by atoms with van der Waals surface area (Å²) in [7, 11) is 0. The molecule has 1 atom stereocenters. The quantitative estimate of drug-likeness (QED) is 0.723. The van der Waals surface area contributed by atoms with Crippen LogP contribution in [0.3, 0.4) is 0 Å². The zero-order valence-electron chi connectivity index (χ0n) is 10.1. The summed E-state index contributed by atoms with van der Waals surface area (Å²) in [6.45, 7) is 0. The molecule has 0 bridgehead atoms. The van der Waals surface area contributed by atoms with Gasteiger partial charge in [0, 0.05) is 10.9 Å². The number of rotatable bonds is 2. The molecule has 2 nitrogen and oxygen atoms in total. The number of hydrogen-bond acceptors (Lipinski definition) is 2. The maximum Gasteiger partial charge on any atom is 0.112 e. The normalized spacial score (nSPS) is 12.5. The van der Waals surface area contributed by atoms with E-state index in [4.69, 9.17) is 0 Å². The van der Waals surface area contributed by atoms with Crippen LogP contribution in [0.4, 0.5) is 0 Å². The highest BCUT2D eigenvalue weighted by Crippen LogP contribution is 2.29. The summed E-state index contributed by atoms with van der Waals surface area (Å²) in [6, 6.07) is 19.4. The molecule has 0 aliphatic rings. The molecular weight excluding hydrogens is 302 g/mol. The summed E-state index contributed by atoms with van der Waals surface area (Å²) in [5.74, 6) is 0. The maximum absolute atomic E-state index is 10.5. The first-order chi connectivity index (χ1) is 9.25. The highest BCUT2D eigenvalue weighted by atomic mass is 79.9. The van der Waals surface area contributed by atoms with Gasteiger partial charge in [-0.3, -0.25) is 0 Å². The predicted molar refractivity (Wildman–Crippen MR) is 79.9 cm³/mol. The van der Waals surface area contributed by atoms with Gasteiger partial charge in [-0.1, -0.05) is 48.5 Å². The number of nitrogens with zero attached hydrogens (tertiary/aromatic N) is 1. The molecule has 0 radical (unpaired) electrons. The van der Waals surface area contributed by atoms with E-state index in [0.717, 1.165) is 22.0 Å². The van der Waals surface area contributed by atoms with E-state index in [2.05, 4.69) is 20.9 Å². The molecule has 1 heterocycles. The zero-order valence-corrected chi connectivity index (χ0v) is 11.7. The van der Waals surface area contributed by atoms with Crippen LogP contribution < -0.4 is 0 Å². The molecule has 0 fully saturated rings. The number of aromatic nitrogens is 1. The number of benzene rings is 2. The third-order valence-electron chi connectivity index (χ3n) is 3.11. The third kappa shape index (κ3) is 2.39. The summed E-state index contributed by atoms with van der Waals surface area (Å²) in [5.41, 5.74) is 2.56. The van der Waals surface area contributed by atoms with E-state index >= 15 is 0 Å². The lowest BCUT2D eigenvalue weighted by atomic mass is 10.0. The summed E-state index contributed by atoms with van der Waals surface area (Å²) >= 11 is 3.44. The van der Waals surface area contributed by atoms with Gasteiger partial charge in [0.25, 0.3) is 0 Å². The molecule has 94 valence electrons. The van der Waals surface area contributed by atoms with Crippen molar-refractivity contribution in [1.29, 1.82) is 0 Å². The van der Waals surface area contributed by atoms with Crippen LogP contribution in [0, 0.1) is 0 Å². The minimum absolute atomic E-state index is 0.673. The molecule has 0 aliphatic heterocycles. The Labute approximate surface area is 119 Å². The molecule has 3 rings (SSSR count). The SMILES string of the molecule is OC(c1ccccc1)c1cc2ccccc2nc1Br. The Balaban J connectivity index is 2.12. The van der Waals surface area contributed by atoms with E-state index in [9.17, 15) is 5.11 Å². The molecule has 0 spiro atoms. The molecule has 2 aromatic carbocycles. The minimum atomic E-state index is -0.673. The molecule has 1 unspecified atom stereocenters. The van der Waals surface area contributed by atoms with Crippen LogP contribution >= 0.6 is 15.9 Å². The second-order valence-corrected chi connectivity index (χ2v) is 5.13. The van der Waals surface area contributed by atoms with Gasteiger partial charge in [0.05, 0.1) is 5.52 Å². The Morgan fingerprint density at radius 2 is 1.63 bits per heavy atom. The average Bonchev–Trinajstić information content (AvgIpc) is 2.47. The van der Waals surface area contributed by atoms with Crippen LogP contribution in [0.15, 0.2) is 65.3 Å². The average molecular weight is 314 g/mol. The zero-order chi connectivity index (χ0) is 13.2. The van der Waals surface area contributed by atoms with Crippen molar-refractivity contribution in [3.8, 4) is 0 Å². The number of hydrogen-bond donors (Lipinski definition) is 1. The van der Waals surface area contributed by atoms with Gasteiger partial charge in [-0.25, -0.2) is 4.98 Å². The Bertz CT molecular complexity index is 712. The number of aliphatic hydroxyl groups is 1. The van der Waals surface area contributed by atoms with Gasteiger partial charge in [-0.2, -0.15) is 0 Å². The van der Waals surface area contributed by atoms with Gasteiger partial charge < -0.3 is 5.11 Å². The lowest BCUT2D eigenvalue weighted by molar-refractivity contribution is 0.219. The fourth-order valence-electron chi connectivity index (χ4n) is 2.12. The number of halogens is 1. The lowest BCUT2D eigenvalue weighted by Crippen LogP contribution is -2.02. The fraction of sp³-hybridized carbons (Fsp3) is 0.0625. The molecule has 0 aliphatic carbocycles. The van der Waals surface area contributed by atoms with E-state index in [0.29, 0.717) is 4.60 Å². The largest absolute Gasteiger partial charge is 0.384 e. The van der Waals surface area contributed by atoms with Gasteiger partial charge in [0.1, 0.15) is 10.7 Å². The molecule has 1 N–H and O–H groups in total. The van der Waals surface area contributed by atoms with Crippen molar-refractivity contribution >= 4 is 26.8 Å². The Morgan fingerprint density at radius 3 is 2.42 bits per heavy atom. The lowest BCUT2D eigenvalue weighted by Gasteiger charge is -2.13. The van der Waals surface area contributed by atoms with Gasteiger partial charge >= 0.3 is 0 Å². The molecule has 19 heavy (non-hydrogen) atoms. The van der Waals surface area contributed by atoms with Crippen molar-refractivity contribution in [2.75, 3.05) is 0 Å². The van der Waals surface area contributed by atoms with Crippen LogP contribution in [0.5, 0.6) is 0 Å². The van der Waals surface area contributed by atoms with Crippen molar-refractivity contribution in [2.24, 2.45) is 0 Å².